The van der Waals surface area contributed by atoms with Gasteiger partial charge in [-0.05, 0) is 17.7 Å². The first-order valence-corrected chi connectivity index (χ1v) is 5.81. The fourth-order valence-electron chi connectivity index (χ4n) is 1.16. The highest BCUT2D eigenvalue weighted by molar-refractivity contribution is 7.80. The zero-order valence-electron chi connectivity index (χ0n) is 8.48. The van der Waals surface area contributed by atoms with Crippen LogP contribution in [0, 0.1) is 0 Å². The Kier molecular flexibility index (Phi) is 4.05. The molecule has 7 nitrogen and oxygen atoms in total. The first-order chi connectivity index (χ1) is 7.78. The molecule has 0 aliphatic heterocycles. The Hall–Kier alpha value is -1.64. The molecule has 0 aromatic heterocycles. The smallest absolute Gasteiger partial charge is 0.398 e. The molecule has 8 heteroatoms. The number of rotatable bonds is 5. The predicted octanol–water partition coefficient (Wildman–Crippen LogP) is 0.207. The first-order valence-electron chi connectivity index (χ1n) is 4.44. The lowest BCUT2D eigenvalue weighted by atomic mass is 10.1. The van der Waals surface area contributed by atoms with E-state index < -0.39 is 22.5 Å². The topological polar surface area (TPSA) is 121 Å². The van der Waals surface area contributed by atoms with Crippen LogP contribution in [0.3, 0.4) is 0 Å². The van der Waals surface area contributed by atoms with E-state index in [0.29, 0.717) is 5.56 Å². The van der Waals surface area contributed by atoms with Crippen molar-refractivity contribution in [1.82, 2.24) is 0 Å². The molecule has 1 aromatic carbocycles. The van der Waals surface area contributed by atoms with Crippen molar-refractivity contribution in [3.8, 4) is 5.75 Å². The number of hydrogen-bond donors (Lipinski definition) is 3. The Labute approximate surface area is 97.2 Å². The number of carboxylic acids is 1. The Morgan fingerprint density at radius 3 is 2.24 bits per heavy atom. The highest BCUT2D eigenvalue weighted by Crippen LogP contribution is 2.13. The Morgan fingerprint density at radius 1 is 1.29 bits per heavy atom. The maximum absolute atomic E-state index is 10.7. The average Bonchev–Trinajstić information content (AvgIpc) is 2.18. The van der Waals surface area contributed by atoms with Gasteiger partial charge in [-0.2, -0.15) is 8.42 Å². The third-order valence-corrected chi connectivity index (χ3v) is 2.35. The van der Waals surface area contributed by atoms with Crippen molar-refractivity contribution in [3.63, 3.8) is 0 Å². The van der Waals surface area contributed by atoms with Crippen LogP contribution in [0.1, 0.15) is 5.56 Å². The lowest BCUT2D eigenvalue weighted by molar-refractivity contribution is -0.145. The molecular formula is C9H10O7S. The molecule has 94 valence electrons. The summed E-state index contributed by atoms with van der Waals surface area (Å²) in [5, 5.41) is 17.7. The van der Waals surface area contributed by atoms with Crippen molar-refractivity contribution in [2.24, 2.45) is 0 Å². The largest absolute Gasteiger partial charge is 0.508 e. The van der Waals surface area contributed by atoms with Gasteiger partial charge >= 0.3 is 16.4 Å². The summed E-state index contributed by atoms with van der Waals surface area (Å²) in [7, 11) is -4.83. The van der Waals surface area contributed by atoms with Gasteiger partial charge in [-0.3, -0.25) is 4.55 Å². The standard InChI is InChI=1S/C9H10O7S/c10-7-3-1-6(2-4-7)5-8(9(11)12)16-17(13,14)15/h1-4,8,10H,5H2,(H,11,12)(H,13,14,15)/t8-/m0/s1. The Bertz CT molecular complexity index is 491. The van der Waals surface area contributed by atoms with E-state index in [2.05, 4.69) is 4.18 Å². The van der Waals surface area contributed by atoms with Crippen molar-refractivity contribution in [3.05, 3.63) is 29.8 Å². The summed E-state index contributed by atoms with van der Waals surface area (Å²) in [6.07, 6.45) is -1.97. The fourth-order valence-corrected chi connectivity index (χ4v) is 1.60. The van der Waals surface area contributed by atoms with Crippen molar-refractivity contribution in [1.29, 1.82) is 0 Å². The number of benzene rings is 1. The lowest BCUT2D eigenvalue weighted by Gasteiger charge is -2.10. The van der Waals surface area contributed by atoms with Crippen LogP contribution in [0.25, 0.3) is 0 Å². The SMILES string of the molecule is O=C(O)[C@H](Cc1ccc(O)cc1)OS(=O)(=O)O. The van der Waals surface area contributed by atoms with Gasteiger partial charge in [-0.1, -0.05) is 12.1 Å². The van der Waals surface area contributed by atoms with E-state index in [1.807, 2.05) is 0 Å². The number of carboxylic acid groups (broad SMARTS) is 1. The molecule has 0 spiro atoms. The minimum absolute atomic E-state index is 0.00340. The monoisotopic (exact) mass is 262 g/mol. The number of phenolic OH excluding ortho intramolecular Hbond substituents is 1. The van der Waals surface area contributed by atoms with Crippen LogP contribution in [0.4, 0.5) is 0 Å². The van der Waals surface area contributed by atoms with Crippen LogP contribution < -0.4 is 0 Å². The third-order valence-electron chi connectivity index (χ3n) is 1.87. The molecule has 1 aromatic rings. The van der Waals surface area contributed by atoms with Gasteiger partial charge in [-0.25, -0.2) is 8.98 Å². The van der Waals surface area contributed by atoms with E-state index in [1.165, 1.54) is 24.3 Å². The molecule has 0 aliphatic rings. The fraction of sp³-hybridized carbons (Fsp3) is 0.222. The molecule has 0 heterocycles. The summed E-state index contributed by atoms with van der Waals surface area (Å²) < 4.78 is 33.2. The second-order valence-electron chi connectivity index (χ2n) is 3.22. The number of carbonyl (C=O) groups is 1. The second kappa shape index (κ2) is 5.13. The third kappa shape index (κ3) is 4.81. The zero-order valence-corrected chi connectivity index (χ0v) is 9.29. The molecule has 0 radical (unpaired) electrons. The first kappa shape index (κ1) is 13.4. The highest BCUT2D eigenvalue weighted by Gasteiger charge is 2.24. The normalized spacial score (nSPS) is 13.2. The maximum Gasteiger partial charge on any atom is 0.398 e. The Morgan fingerprint density at radius 2 is 1.82 bits per heavy atom. The minimum atomic E-state index is -4.83. The summed E-state index contributed by atoms with van der Waals surface area (Å²) >= 11 is 0. The van der Waals surface area contributed by atoms with Crippen LogP contribution in [-0.4, -0.2) is 35.3 Å². The van der Waals surface area contributed by atoms with Gasteiger partial charge in [0.1, 0.15) is 5.75 Å². The van der Waals surface area contributed by atoms with E-state index in [9.17, 15) is 13.2 Å². The Balaban J connectivity index is 2.80. The molecule has 3 N–H and O–H groups in total. The molecular weight excluding hydrogens is 252 g/mol. The van der Waals surface area contributed by atoms with Gasteiger partial charge < -0.3 is 10.2 Å². The van der Waals surface area contributed by atoms with Crippen molar-refractivity contribution >= 4 is 16.4 Å². The van der Waals surface area contributed by atoms with Crippen LogP contribution in [0.15, 0.2) is 24.3 Å². The molecule has 17 heavy (non-hydrogen) atoms. The van der Waals surface area contributed by atoms with Crippen LogP contribution in [-0.2, 0) is 25.8 Å². The average molecular weight is 262 g/mol. The van der Waals surface area contributed by atoms with E-state index >= 15 is 0 Å². The maximum atomic E-state index is 10.7. The summed E-state index contributed by atoms with van der Waals surface area (Å²) in [4.78, 5) is 10.7. The van der Waals surface area contributed by atoms with Gasteiger partial charge in [0.25, 0.3) is 0 Å². The van der Waals surface area contributed by atoms with Crippen molar-refractivity contribution < 1.29 is 32.2 Å². The molecule has 0 fully saturated rings. The molecule has 0 saturated heterocycles. The molecule has 1 rings (SSSR count). The van der Waals surface area contributed by atoms with E-state index in [4.69, 9.17) is 14.8 Å². The molecule has 0 aliphatic carbocycles. The van der Waals surface area contributed by atoms with Crippen LogP contribution in [0.2, 0.25) is 0 Å². The van der Waals surface area contributed by atoms with Gasteiger partial charge in [0.05, 0.1) is 0 Å². The molecule has 0 saturated carbocycles. The van der Waals surface area contributed by atoms with Gasteiger partial charge in [0.2, 0.25) is 0 Å². The molecule has 0 amide bonds. The number of hydrogen-bond acceptors (Lipinski definition) is 5. The zero-order chi connectivity index (χ0) is 13.1. The van der Waals surface area contributed by atoms with E-state index in [0.717, 1.165) is 0 Å². The van der Waals surface area contributed by atoms with Crippen molar-refractivity contribution in [2.75, 3.05) is 0 Å². The number of phenols is 1. The highest BCUT2D eigenvalue weighted by atomic mass is 32.3. The summed E-state index contributed by atoms with van der Waals surface area (Å²) in [5.74, 6) is -1.52. The van der Waals surface area contributed by atoms with E-state index in [1.54, 1.807) is 0 Å². The molecule has 0 unspecified atom stereocenters. The number of aliphatic carboxylic acids is 1. The molecule has 1 atom stereocenters. The van der Waals surface area contributed by atoms with Crippen LogP contribution in [0.5, 0.6) is 5.75 Å². The number of aromatic hydroxyl groups is 1. The lowest BCUT2D eigenvalue weighted by Crippen LogP contribution is -2.29. The van der Waals surface area contributed by atoms with Gasteiger partial charge in [0.15, 0.2) is 6.10 Å². The van der Waals surface area contributed by atoms with Gasteiger partial charge in [-0.15, -0.1) is 0 Å². The summed E-state index contributed by atoms with van der Waals surface area (Å²) in [5.41, 5.74) is 0.443. The van der Waals surface area contributed by atoms with Crippen LogP contribution >= 0.6 is 0 Å². The van der Waals surface area contributed by atoms with E-state index in [-0.39, 0.29) is 12.2 Å². The minimum Gasteiger partial charge on any atom is -0.508 e. The predicted molar refractivity (Wildman–Crippen MR) is 55.9 cm³/mol. The van der Waals surface area contributed by atoms with Crippen molar-refractivity contribution in [2.45, 2.75) is 12.5 Å². The van der Waals surface area contributed by atoms with Gasteiger partial charge in [0, 0.05) is 6.42 Å². The molecule has 0 bridgehead atoms. The quantitative estimate of drug-likeness (QED) is 0.648. The second-order valence-corrected chi connectivity index (χ2v) is 4.27. The summed E-state index contributed by atoms with van der Waals surface area (Å²) in [6.45, 7) is 0. The summed E-state index contributed by atoms with van der Waals surface area (Å²) in [6, 6.07) is 5.47.